The van der Waals surface area contributed by atoms with Crippen molar-refractivity contribution in [3.63, 3.8) is 0 Å². The highest BCUT2D eigenvalue weighted by Gasteiger charge is 2.20. The molecule has 0 fully saturated rings. The summed E-state index contributed by atoms with van der Waals surface area (Å²) in [6, 6.07) is 0. The van der Waals surface area contributed by atoms with E-state index in [0.717, 1.165) is 6.42 Å². The first kappa shape index (κ1) is 40.5. The summed E-state index contributed by atoms with van der Waals surface area (Å²) >= 11 is 0. The third-order valence-corrected chi connectivity index (χ3v) is 5.46. The van der Waals surface area contributed by atoms with E-state index in [4.69, 9.17) is 56.8 Å². The summed E-state index contributed by atoms with van der Waals surface area (Å²) < 4.78 is 66.5. The van der Waals surface area contributed by atoms with Gasteiger partial charge in [-0.3, -0.25) is 0 Å². The Morgan fingerprint density at radius 2 is 0.634 bits per heavy atom. The highest BCUT2D eigenvalue weighted by atomic mass is 16.6. The van der Waals surface area contributed by atoms with Crippen molar-refractivity contribution >= 4 is 0 Å². The van der Waals surface area contributed by atoms with Gasteiger partial charge in [-0.15, -0.1) is 0 Å². The quantitative estimate of drug-likeness (QED) is 0.106. The summed E-state index contributed by atoms with van der Waals surface area (Å²) in [7, 11) is 6.57. The van der Waals surface area contributed by atoms with Crippen LogP contribution in [-0.4, -0.2) is 159 Å². The minimum atomic E-state index is -0.183. The lowest BCUT2D eigenvalue weighted by Gasteiger charge is -2.26. The predicted molar refractivity (Wildman–Crippen MR) is 155 cm³/mol. The second kappa shape index (κ2) is 29.6. The summed E-state index contributed by atoms with van der Waals surface area (Å²) in [4.78, 5) is 0. The maximum atomic E-state index is 6.12. The van der Waals surface area contributed by atoms with Crippen LogP contribution in [0.3, 0.4) is 0 Å². The Labute approximate surface area is 248 Å². The first-order valence-corrected chi connectivity index (χ1v) is 14.6. The van der Waals surface area contributed by atoms with Crippen molar-refractivity contribution in [1.29, 1.82) is 0 Å². The Morgan fingerprint density at radius 3 is 1.00 bits per heavy atom. The minimum Gasteiger partial charge on any atom is -0.382 e. The van der Waals surface area contributed by atoms with Gasteiger partial charge < -0.3 is 56.8 Å². The topological polar surface area (TPSA) is 111 Å². The summed E-state index contributed by atoms with van der Waals surface area (Å²) in [6.45, 7) is 14.6. The van der Waals surface area contributed by atoms with Crippen LogP contribution in [0.5, 0.6) is 0 Å². The fourth-order valence-electron chi connectivity index (χ4n) is 3.48. The Morgan fingerprint density at radius 1 is 0.366 bits per heavy atom. The van der Waals surface area contributed by atoms with Crippen molar-refractivity contribution in [2.24, 2.45) is 5.41 Å². The first-order chi connectivity index (χ1) is 19.9. The molecule has 0 radical (unpaired) electrons. The third kappa shape index (κ3) is 29.4. The predicted octanol–water partition coefficient (Wildman–Crippen LogP) is 2.25. The molecule has 41 heavy (non-hydrogen) atoms. The van der Waals surface area contributed by atoms with Gasteiger partial charge in [0.05, 0.1) is 118 Å². The van der Waals surface area contributed by atoms with Crippen LogP contribution in [0.2, 0.25) is 0 Å². The van der Waals surface area contributed by atoms with Crippen LogP contribution >= 0.6 is 0 Å². The minimum absolute atomic E-state index is 0.0518. The van der Waals surface area contributed by atoms with Crippen molar-refractivity contribution < 1.29 is 56.8 Å². The monoisotopic (exact) mass is 600 g/mol. The number of hydrogen-bond acceptors (Lipinski definition) is 12. The van der Waals surface area contributed by atoms with E-state index in [-0.39, 0.29) is 23.7 Å². The molecule has 0 aromatic carbocycles. The summed E-state index contributed by atoms with van der Waals surface area (Å²) in [5, 5.41) is 0. The molecule has 0 spiro atoms. The lowest BCUT2D eigenvalue weighted by atomic mass is 9.89. The molecule has 0 rings (SSSR count). The molecular weight excluding hydrogens is 540 g/mol. The van der Waals surface area contributed by atoms with Crippen LogP contribution in [0.4, 0.5) is 0 Å². The number of ether oxygens (including phenoxy) is 12. The van der Waals surface area contributed by atoms with E-state index in [2.05, 4.69) is 20.8 Å². The molecule has 0 aromatic heterocycles. The van der Waals surface area contributed by atoms with Crippen molar-refractivity contribution in [2.75, 3.05) is 141 Å². The molecule has 0 bridgehead atoms. The zero-order valence-electron chi connectivity index (χ0n) is 26.9. The third-order valence-electron chi connectivity index (χ3n) is 5.46. The zero-order chi connectivity index (χ0) is 30.4. The second-order valence-electron chi connectivity index (χ2n) is 10.6. The fourth-order valence-corrected chi connectivity index (χ4v) is 3.48. The largest absolute Gasteiger partial charge is 0.382 e. The Bertz CT molecular complexity index is 521. The van der Waals surface area contributed by atoms with E-state index in [1.54, 1.807) is 28.4 Å². The Balaban J connectivity index is 4.33. The zero-order valence-corrected chi connectivity index (χ0v) is 26.9. The van der Waals surface area contributed by atoms with Crippen molar-refractivity contribution in [3.05, 3.63) is 0 Å². The standard InChI is InChI=1S/C29H60O12/c1-29(2,3)20-26(39-19-16-38-25-28(41-18-11-33-7)23-35-13-9-31-5)21-36-14-15-37-24-27(40-17-10-32-6)22-34-12-8-30-4/h26-28H,8-25H2,1-7H3. The molecule has 3 atom stereocenters. The summed E-state index contributed by atoms with van der Waals surface area (Å²) in [5.74, 6) is 0. The van der Waals surface area contributed by atoms with E-state index in [9.17, 15) is 0 Å². The second-order valence-corrected chi connectivity index (χ2v) is 10.6. The van der Waals surface area contributed by atoms with Gasteiger partial charge >= 0.3 is 0 Å². The molecule has 12 nitrogen and oxygen atoms in total. The molecule has 0 saturated carbocycles. The molecule has 0 saturated heterocycles. The van der Waals surface area contributed by atoms with Gasteiger partial charge in [0.2, 0.25) is 0 Å². The van der Waals surface area contributed by atoms with Crippen LogP contribution in [0, 0.1) is 5.41 Å². The van der Waals surface area contributed by atoms with E-state index in [1.165, 1.54) is 0 Å². The molecule has 0 aliphatic carbocycles. The highest BCUT2D eigenvalue weighted by molar-refractivity contribution is 4.69. The van der Waals surface area contributed by atoms with Gasteiger partial charge in [0.15, 0.2) is 0 Å². The number of rotatable bonds is 32. The van der Waals surface area contributed by atoms with Gasteiger partial charge in [0.1, 0.15) is 12.2 Å². The molecule has 12 heteroatoms. The Kier molecular flexibility index (Phi) is 29.2. The maximum Gasteiger partial charge on any atom is 0.104 e. The molecule has 248 valence electrons. The maximum absolute atomic E-state index is 6.12. The van der Waals surface area contributed by atoms with E-state index < -0.39 is 0 Å². The van der Waals surface area contributed by atoms with Crippen LogP contribution < -0.4 is 0 Å². The number of hydrogen-bond donors (Lipinski definition) is 0. The summed E-state index contributed by atoms with van der Waals surface area (Å²) in [6.07, 6.45) is 0.445. The smallest absolute Gasteiger partial charge is 0.104 e. The molecule has 0 aliphatic rings. The van der Waals surface area contributed by atoms with Gasteiger partial charge in [-0.2, -0.15) is 0 Å². The molecule has 0 N–H and O–H groups in total. The van der Waals surface area contributed by atoms with Crippen molar-refractivity contribution in [2.45, 2.75) is 45.5 Å². The molecule has 3 unspecified atom stereocenters. The molecule has 0 heterocycles. The normalized spacial score (nSPS) is 14.4. The van der Waals surface area contributed by atoms with E-state index in [0.29, 0.717) is 112 Å². The first-order valence-electron chi connectivity index (χ1n) is 14.6. The molecule has 0 aromatic rings. The van der Waals surface area contributed by atoms with Crippen molar-refractivity contribution in [1.82, 2.24) is 0 Å². The van der Waals surface area contributed by atoms with E-state index in [1.807, 2.05) is 0 Å². The lowest BCUT2D eigenvalue weighted by Crippen LogP contribution is -2.30. The average Bonchev–Trinajstić information content (AvgIpc) is 2.93. The van der Waals surface area contributed by atoms with Gasteiger partial charge in [0, 0.05) is 28.4 Å². The van der Waals surface area contributed by atoms with Gasteiger partial charge in [-0.1, -0.05) is 20.8 Å². The lowest BCUT2D eigenvalue weighted by molar-refractivity contribution is -0.0954. The average molecular weight is 601 g/mol. The molecular formula is C29H60O12. The van der Waals surface area contributed by atoms with Crippen LogP contribution in [0.25, 0.3) is 0 Å². The van der Waals surface area contributed by atoms with Crippen LogP contribution in [0.1, 0.15) is 27.2 Å². The van der Waals surface area contributed by atoms with Gasteiger partial charge in [0.25, 0.3) is 0 Å². The van der Waals surface area contributed by atoms with E-state index >= 15 is 0 Å². The SMILES string of the molecule is COCCOCC(COCCOCC(CC(C)(C)C)OCCOCC(COCCOC)OCCOC)OCCOC. The molecule has 0 amide bonds. The molecule has 0 aliphatic heterocycles. The van der Waals surface area contributed by atoms with Gasteiger partial charge in [-0.05, 0) is 11.8 Å². The van der Waals surface area contributed by atoms with Crippen LogP contribution in [0.15, 0.2) is 0 Å². The van der Waals surface area contributed by atoms with Gasteiger partial charge in [-0.25, -0.2) is 0 Å². The number of methoxy groups -OCH3 is 4. The highest BCUT2D eigenvalue weighted by Crippen LogP contribution is 2.22. The Hall–Kier alpha value is -0.480. The van der Waals surface area contributed by atoms with Crippen molar-refractivity contribution in [3.8, 4) is 0 Å². The summed E-state index contributed by atoms with van der Waals surface area (Å²) in [5.41, 5.74) is 0.0980. The fraction of sp³-hybridized carbons (Fsp3) is 1.00. The van der Waals surface area contributed by atoms with Crippen LogP contribution in [-0.2, 0) is 56.8 Å².